The molecular weight excluding hydrogens is 432 g/mol. The maximum Gasteiger partial charge on any atom is 0.326 e. The van der Waals surface area contributed by atoms with Crippen LogP contribution < -0.4 is 10.6 Å². The van der Waals surface area contributed by atoms with Crippen LogP contribution in [0, 0.1) is 11.8 Å². The van der Waals surface area contributed by atoms with E-state index in [9.17, 15) is 4.79 Å². The molecule has 2 atom stereocenters. The van der Waals surface area contributed by atoms with Gasteiger partial charge >= 0.3 is 6.03 Å². The number of anilines is 2. The summed E-state index contributed by atoms with van der Waals surface area (Å²) in [7, 11) is 0. The van der Waals surface area contributed by atoms with Crippen LogP contribution in [0.2, 0.25) is 0 Å². The Morgan fingerprint density at radius 1 is 1.06 bits per heavy atom. The number of carbonyl (C=O) groups excluding carboxylic acids is 1. The van der Waals surface area contributed by atoms with Crippen molar-refractivity contribution in [3.05, 3.63) is 53.8 Å². The average Bonchev–Trinajstić information content (AvgIpc) is 3.16. The van der Waals surface area contributed by atoms with Crippen LogP contribution in [0.25, 0.3) is 10.6 Å². The van der Waals surface area contributed by atoms with E-state index in [1.54, 1.807) is 18.5 Å². The molecule has 0 spiro atoms. The number of hydrogen-bond donors (Lipinski definition) is 2. The van der Waals surface area contributed by atoms with Gasteiger partial charge in [-0.15, -0.1) is 23.7 Å². The molecule has 4 heterocycles. The summed E-state index contributed by atoms with van der Waals surface area (Å²) >= 11 is 1.47. The average molecular weight is 459 g/mol. The van der Waals surface area contributed by atoms with Crippen LogP contribution in [-0.2, 0) is 6.54 Å². The Morgan fingerprint density at radius 2 is 1.77 bits per heavy atom. The highest BCUT2D eigenvalue weighted by Crippen LogP contribution is 2.25. The topological polar surface area (TPSA) is 83.0 Å². The molecular formula is C22H27ClN6OS. The standard InChI is InChI=1S/C22H26N6OS.ClH/c1-15-10-16(2)12-28(11-15)13-18-4-3-5-19(24-18)26-22(29)27-20-14-30-21(25-20)17-6-8-23-9-7-17;/h3-9,14-16H,10-13H2,1-2H3,(H2,24,26,27,29);1H. The third-order valence-electron chi connectivity index (χ3n) is 5.05. The van der Waals surface area contributed by atoms with Gasteiger partial charge in [0.25, 0.3) is 0 Å². The van der Waals surface area contributed by atoms with Gasteiger partial charge in [-0.25, -0.2) is 14.8 Å². The second kappa shape index (κ2) is 10.7. The molecule has 164 valence electrons. The van der Waals surface area contributed by atoms with Gasteiger partial charge in [-0.2, -0.15) is 0 Å². The zero-order valence-electron chi connectivity index (χ0n) is 17.6. The number of carbonyl (C=O) groups is 1. The normalized spacial score (nSPS) is 18.8. The highest BCUT2D eigenvalue weighted by molar-refractivity contribution is 7.13. The summed E-state index contributed by atoms with van der Waals surface area (Å²) in [4.78, 5) is 27.9. The lowest BCUT2D eigenvalue weighted by Gasteiger charge is -2.34. The SMILES string of the molecule is CC1CC(C)CN(Cc2cccc(NC(=O)Nc3csc(-c4ccncc4)n3)n2)C1.Cl. The van der Waals surface area contributed by atoms with Crippen molar-refractivity contribution in [1.29, 1.82) is 0 Å². The first kappa shape index (κ1) is 23.1. The smallest absolute Gasteiger partial charge is 0.297 e. The summed E-state index contributed by atoms with van der Waals surface area (Å²) in [6.07, 6.45) is 4.73. The van der Waals surface area contributed by atoms with Crippen molar-refractivity contribution in [2.45, 2.75) is 26.8 Å². The number of nitrogens with zero attached hydrogens (tertiary/aromatic N) is 4. The lowest BCUT2D eigenvalue weighted by atomic mass is 9.92. The fourth-order valence-electron chi connectivity index (χ4n) is 4.01. The number of pyridine rings is 2. The second-order valence-corrected chi connectivity index (χ2v) is 8.87. The van der Waals surface area contributed by atoms with Crippen LogP contribution in [0.1, 0.15) is 26.0 Å². The maximum atomic E-state index is 12.4. The fraction of sp³-hybridized carbons (Fsp3) is 0.364. The molecule has 1 fully saturated rings. The summed E-state index contributed by atoms with van der Waals surface area (Å²) in [6, 6.07) is 9.16. The molecule has 0 radical (unpaired) electrons. The van der Waals surface area contributed by atoms with Gasteiger partial charge in [0.2, 0.25) is 0 Å². The first-order chi connectivity index (χ1) is 14.5. The largest absolute Gasteiger partial charge is 0.326 e. The Bertz CT molecular complexity index is 988. The molecule has 31 heavy (non-hydrogen) atoms. The number of likely N-dealkylation sites (tertiary alicyclic amines) is 1. The summed E-state index contributed by atoms with van der Waals surface area (Å²) in [5, 5.41) is 8.23. The molecule has 4 rings (SSSR count). The number of thiazole rings is 1. The minimum Gasteiger partial charge on any atom is -0.297 e. The number of piperidine rings is 1. The molecule has 2 amide bonds. The molecule has 0 saturated carbocycles. The van der Waals surface area contributed by atoms with E-state index in [1.807, 2.05) is 29.6 Å². The maximum absolute atomic E-state index is 12.4. The highest BCUT2D eigenvalue weighted by Gasteiger charge is 2.22. The summed E-state index contributed by atoms with van der Waals surface area (Å²) in [5.41, 5.74) is 1.93. The zero-order chi connectivity index (χ0) is 20.9. The van der Waals surface area contributed by atoms with Crippen molar-refractivity contribution in [3.63, 3.8) is 0 Å². The number of halogens is 1. The molecule has 3 aromatic heterocycles. The van der Waals surface area contributed by atoms with E-state index in [0.717, 1.165) is 35.9 Å². The van der Waals surface area contributed by atoms with Gasteiger partial charge in [-0.1, -0.05) is 19.9 Å². The van der Waals surface area contributed by atoms with Crippen molar-refractivity contribution in [1.82, 2.24) is 19.9 Å². The van der Waals surface area contributed by atoms with Crippen LogP contribution in [-0.4, -0.2) is 39.0 Å². The molecule has 7 nitrogen and oxygen atoms in total. The molecule has 1 saturated heterocycles. The number of urea groups is 1. The predicted octanol–water partition coefficient (Wildman–Crippen LogP) is 5.14. The van der Waals surface area contributed by atoms with Crippen LogP contribution in [0.3, 0.4) is 0 Å². The van der Waals surface area contributed by atoms with E-state index in [2.05, 4.69) is 44.3 Å². The second-order valence-electron chi connectivity index (χ2n) is 8.01. The van der Waals surface area contributed by atoms with E-state index in [4.69, 9.17) is 0 Å². The van der Waals surface area contributed by atoms with Crippen molar-refractivity contribution < 1.29 is 4.79 Å². The minimum absolute atomic E-state index is 0. The molecule has 0 bridgehead atoms. The van der Waals surface area contributed by atoms with E-state index >= 15 is 0 Å². The quantitative estimate of drug-likeness (QED) is 0.552. The number of aromatic nitrogens is 3. The van der Waals surface area contributed by atoms with Gasteiger partial charge in [0.05, 0.1) is 5.69 Å². The number of hydrogen-bond acceptors (Lipinski definition) is 6. The minimum atomic E-state index is -0.355. The fourth-order valence-corrected chi connectivity index (χ4v) is 4.77. The third-order valence-corrected chi connectivity index (χ3v) is 5.94. The van der Waals surface area contributed by atoms with Gasteiger partial charge in [0, 0.05) is 43.0 Å². The van der Waals surface area contributed by atoms with E-state index < -0.39 is 0 Å². The molecule has 1 aliphatic heterocycles. The number of nitrogens with one attached hydrogen (secondary N) is 2. The van der Waals surface area contributed by atoms with Crippen molar-refractivity contribution in [2.24, 2.45) is 11.8 Å². The Balaban J connectivity index is 0.00000272. The van der Waals surface area contributed by atoms with E-state index in [0.29, 0.717) is 23.5 Å². The Kier molecular flexibility index (Phi) is 7.95. The molecule has 0 aliphatic carbocycles. The summed E-state index contributed by atoms with van der Waals surface area (Å²) < 4.78 is 0. The lowest BCUT2D eigenvalue weighted by molar-refractivity contribution is 0.133. The van der Waals surface area contributed by atoms with Crippen molar-refractivity contribution >= 4 is 41.4 Å². The first-order valence-corrected chi connectivity index (χ1v) is 11.1. The van der Waals surface area contributed by atoms with Gasteiger partial charge in [-0.05, 0) is 42.5 Å². The highest BCUT2D eigenvalue weighted by atomic mass is 35.5. The monoisotopic (exact) mass is 458 g/mol. The van der Waals surface area contributed by atoms with Crippen molar-refractivity contribution in [3.8, 4) is 10.6 Å². The predicted molar refractivity (Wildman–Crippen MR) is 128 cm³/mol. The van der Waals surface area contributed by atoms with Gasteiger partial charge < -0.3 is 0 Å². The van der Waals surface area contributed by atoms with Gasteiger partial charge in [0.15, 0.2) is 0 Å². The van der Waals surface area contributed by atoms with Gasteiger partial charge in [0.1, 0.15) is 16.6 Å². The summed E-state index contributed by atoms with van der Waals surface area (Å²) in [6.45, 7) is 7.59. The molecule has 3 aromatic rings. The molecule has 2 unspecified atom stereocenters. The Hall–Kier alpha value is -2.55. The number of rotatable bonds is 5. The zero-order valence-corrected chi connectivity index (χ0v) is 19.2. The molecule has 0 aromatic carbocycles. The number of amides is 2. The van der Waals surface area contributed by atoms with Crippen LogP contribution in [0.15, 0.2) is 48.1 Å². The first-order valence-electron chi connectivity index (χ1n) is 10.2. The van der Waals surface area contributed by atoms with E-state index in [-0.39, 0.29) is 18.4 Å². The third kappa shape index (κ3) is 6.46. The molecule has 9 heteroatoms. The van der Waals surface area contributed by atoms with Crippen LogP contribution in [0.4, 0.5) is 16.4 Å². The Labute approximate surface area is 192 Å². The summed E-state index contributed by atoms with van der Waals surface area (Å²) in [5.74, 6) is 2.46. The van der Waals surface area contributed by atoms with Crippen LogP contribution in [0.5, 0.6) is 0 Å². The van der Waals surface area contributed by atoms with Crippen LogP contribution >= 0.6 is 23.7 Å². The van der Waals surface area contributed by atoms with Crippen molar-refractivity contribution in [2.75, 3.05) is 23.7 Å². The molecule has 2 N–H and O–H groups in total. The lowest BCUT2D eigenvalue weighted by Crippen LogP contribution is -2.38. The Morgan fingerprint density at radius 3 is 2.52 bits per heavy atom. The van der Waals surface area contributed by atoms with Gasteiger partial charge in [-0.3, -0.25) is 20.5 Å². The van der Waals surface area contributed by atoms with E-state index in [1.165, 1.54) is 17.8 Å². The molecule has 1 aliphatic rings.